The molecule has 3 aromatic heterocycles. The van der Waals surface area contributed by atoms with Crippen molar-refractivity contribution in [1.82, 2.24) is 9.97 Å². The molecule has 3 heterocycles. The molecule has 0 aliphatic rings. The topological polar surface area (TPSA) is 89.4 Å². The first kappa shape index (κ1) is 23.6. The molecule has 3 aromatic carbocycles. The zero-order chi connectivity index (χ0) is 26.4. The van der Waals surface area contributed by atoms with E-state index in [1.54, 1.807) is 12.1 Å². The van der Waals surface area contributed by atoms with E-state index in [1.807, 2.05) is 55.5 Å². The fourth-order valence-electron chi connectivity index (χ4n) is 4.94. The minimum atomic E-state index is -0.497. The summed E-state index contributed by atoms with van der Waals surface area (Å²) in [6.07, 6.45) is 2.96. The van der Waals surface area contributed by atoms with Gasteiger partial charge in [-0.25, -0.2) is 9.59 Å². The Morgan fingerprint density at radius 2 is 1.39 bits per heavy atom. The van der Waals surface area contributed by atoms with Gasteiger partial charge in [-0.05, 0) is 56.0 Å². The Bertz CT molecular complexity index is 1950. The van der Waals surface area contributed by atoms with Gasteiger partial charge in [0.2, 0.25) is 0 Å². The molecule has 0 aliphatic heterocycles. The van der Waals surface area contributed by atoms with Crippen molar-refractivity contribution in [3.63, 3.8) is 0 Å². The number of fused-ring (bicyclic) bond motifs is 4. The van der Waals surface area contributed by atoms with Crippen molar-refractivity contribution in [2.45, 2.75) is 20.8 Å². The summed E-state index contributed by atoms with van der Waals surface area (Å²) >= 11 is 0. The van der Waals surface area contributed by atoms with Gasteiger partial charge in [-0.2, -0.15) is 0 Å². The second-order valence-electron chi connectivity index (χ2n) is 9.23. The lowest BCUT2D eigenvalue weighted by molar-refractivity contribution is 0.563. The van der Waals surface area contributed by atoms with E-state index >= 15 is 0 Å². The molecule has 7 heteroatoms. The van der Waals surface area contributed by atoms with Gasteiger partial charge in [0.1, 0.15) is 11.2 Å². The lowest BCUT2D eigenvalue weighted by Crippen LogP contribution is -2.21. The molecule has 0 saturated carbocycles. The van der Waals surface area contributed by atoms with Crippen LogP contribution in [0.15, 0.2) is 91.5 Å². The second kappa shape index (κ2) is 9.27. The Morgan fingerprint density at radius 3 is 2.08 bits per heavy atom. The first-order valence-electron chi connectivity index (χ1n) is 12.6. The van der Waals surface area contributed by atoms with Gasteiger partial charge in [-0.15, -0.1) is 0 Å². The number of aromatic nitrogens is 2. The molecule has 38 heavy (non-hydrogen) atoms. The molecule has 0 N–H and O–H groups in total. The SMILES string of the molecule is CCN(CC)c1ccc2cc(-c3cnc(-c4cc5ccc6c(C)cccc6c5oc4=O)cn3)c(=O)oc2c1. The van der Waals surface area contributed by atoms with Crippen molar-refractivity contribution in [2.75, 3.05) is 18.0 Å². The highest BCUT2D eigenvalue weighted by Crippen LogP contribution is 2.29. The Labute approximate surface area is 218 Å². The van der Waals surface area contributed by atoms with E-state index in [0.717, 1.165) is 45.9 Å². The van der Waals surface area contributed by atoms with Crippen LogP contribution in [0.4, 0.5) is 5.69 Å². The molecule has 6 aromatic rings. The predicted octanol–water partition coefficient (Wildman–Crippen LogP) is 6.33. The van der Waals surface area contributed by atoms with Crippen LogP contribution in [-0.4, -0.2) is 23.1 Å². The van der Waals surface area contributed by atoms with Crippen LogP contribution >= 0.6 is 0 Å². The van der Waals surface area contributed by atoms with Crippen molar-refractivity contribution in [3.8, 4) is 22.5 Å². The summed E-state index contributed by atoms with van der Waals surface area (Å²) < 4.78 is 11.4. The summed E-state index contributed by atoms with van der Waals surface area (Å²) in [4.78, 5) is 36.8. The maximum atomic E-state index is 12.9. The van der Waals surface area contributed by atoms with E-state index in [-0.39, 0.29) is 0 Å². The van der Waals surface area contributed by atoms with E-state index < -0.39 is 11.3 Å². The van der Waals surface area contributed by atoms with E-state index in [0.29, 0.717) is 33.7 Å². The minimum absolute atomic E-state index is 0.304. The first-order valence-corrected chi connectivity index (χ1v) is 12.6. The van der Waals surface area contributed by atoms with Crippen molar-refractivity contribution in [3.05, 3.63) is 99.5 Å². The zero-order valence-electron chi connectivity index (χ0n) is 21.3. The highest BCUT2D eigenvalue weighted by Gasteiger charge is 2.15. The van der Waals surface area contributed by atoms with E-state index in [9.17, 15) is 9.59 Å². The maximum Gasteiger partial charge on any atom is 0.345 e. The van der Waals surface area contributed by atoms with Gasteiger partial charge in [-0.3, -0.25) is 9.97 Å². The smallest absolute Gasteiger partial charge is 0.345 e. The second-order valence-corrected chi connectivity index (χ2v) is 9.23. The van der Waals surface area contributed by atoms with Crippen LogP contribution in [0.1, 0.15) is 19.4 Å². The molecule has 0 fully saturated rings. The van der Waals surface area contributed by atoms with Gasteiger partial charge in [0.25, 0.3) is 0 Å². The summed E-state index contributed by atoms with van der Waals surface area (Å²) in [6, 6.07) is 19.2. The number of nitrogens with zero attached hydrogens (tertiary/aromatic N) is 3. The van der Waals surface area contributed by atoms with Gasteiger partial charge < -0.3 is 13.7 Å². The van der Waals surface area contributed by atoms with Crippen molar-refractivity contribution < 1.29 is 8.83 Å². The van der Waals surface area contributed by atoms with Gasteiger partial charge >= 0.3 is 11.3 Å². The van der Waals surface area contributed by atoms with E-state index in [2.05, 4.69) is 28.7 Å². The summed E-state index contributed by atoms with van der Waals surface area (Å²) in [7, 11) is 0. The fraction of sp³-hybridized carbons (Fsp3) is 0.161. The first-order chi connectivity index (χ1) is 18.5. The average molecular weight is 504 g/mol. The lowest BCUT2D eigenvalue weighted by Gasteiger charge is -2.21. The number of hydrogen-bond acceptors (Lipinski definition) is 7. The number of aryl methyl sites for hydroxylation is 1. The van der Waals surface area contributed by atoms with Gasteiger partial charge in [0, 0.05) is 41.0 Å². The van der Waals surface area contributed by atoms with Crippen LogP contribution in [0, 0.1) is 6.92 Å². The summed E-state index contributed by atoms with van der Waals surface area (Å²) in [6.45, 7) is 7.91. The maximum absolute atomic E-state index is 12.9. The molecule has 6 rings (SSSR count). The quantitative estimate of drug-likeness (QED) is 0.201. The van der Waals surface area contributed by atoms with Crippen LogP contribution in [-0.2, 0) is 0 Å². The highest BCUT2D eigenvalue weighted by molar-refractivity contribution is 6.05. The summed E-state index contributed by atoms with van der Waals surface area (Å²) in [5.74, 6) is 0. The average Bonchev–Trinajstić information content (AvgIpc) is 2.93. The number of anilines is 1. The van der Waals surface area contributed by atoms with Crippen LogP contribution in [0.3, 0.4) is 0 Å². The van der Waals surface area contributed by atoms with Crippen molar-refractivity contribution in [2.24, 2.45) is 0 Å². The largest absolute Gasteiger partial charge is 0.422 e. The Kier molecular flexibility index (Phi) is 5.76. The van der Waals surface area contributed by atoms with Gasteiger partial charge in [0.15, 0.2) is 0 Å². The third kappa shape index (κ3) is 3.93. The third-order valence-corrected chi connectivity index (χ3v) is 7.03. The molecule has 0 radical (unpaired) electrons. The summed E-state index contributed by atoms with van der Waals surface area (Å²) in [5, 5.41) is 3.51. The molecule has 0 aliphatic carbocycles. The molecular weight excluding hydrogens is 478 g/mol. The Morgan fingerprint density at radius 1 is 0.737 bits per heavy atom. The standard InChI is InChI=1S/C31H25N3O4/c1-4-34(5-2)21-11-9-19-13-24(30(35)37-28(19)15-21)26-16-33-27(17-32-26)25-14-20-10-12-22-18(3)7-6-8-23(22)29(20)38-31(25)36/h6-17H,4-5H2,1-3H3. The molecule has 188 valence electrons. The van der Waals surface area contributed by atoms with Crippen LogP contribution in [0.5, 0.6) is 0 Å². The molecule has 0 unspecified atom stereocenters. The monoisotopic (exact) mass is 503 g/mol. The number of rotatable bonds is 5. The van der Waals surface area contributed by atoms with Crippen LogP contribution in [0.25, 0.3) is 55.2 Å². The number of hydrogen-bond donors (Lipinski definition) is 0. The Balaban J connectivity index is 1.38. The van der Waals surface area contributed by atoms with Crippen molar-refractivity contribution in [1.29, 1.82) is 0 Å². The Hall–Kier alpha value is -4.78. The summed E-state index contributed by atoms with van der Waals surface area (Å²) in [5.41, 5.74) is 3.52. The van der Waals surface area contributed by atoms with E-state index in [4.69, 9.17) is 8.83 Å². The van der Waals surface area contributed by atoms with Gasteiger partial charge in [-0.1, -0.05) is 30.3 Å². The van der Waals surface area contributed by atoms with Gasteiger partial charge in [0.05, 0.1) is 34.9 Å². The molecule has 0 saturated heterocycles. The highest BCUT2D eigenvalue weighted by atomic mass is 16.4. The lowest BCUT2D eigenvalue weighted by atomic mass is 10.0. The van der Waals surface area contributed by atoms with Crippen LogP contribution < -0.4 is 16.2 Å². The third-order valence-electron chi connectivity index (χ3n) is 7.03. The normalized spacial score (nSPS) is 11.4. The molecule has 0 atom stereocenters. The molecule has 7 nitrogen and oxygen atoms in total. The fourth-order valence-corrected chi connectivity index (χ4v) is 4.94. The minimum Gasteiger partial charge on any atom is -0.422 e. The molecule has 0 spiro atoms. The van der Waals surface area contributed by atoms with E-state index in [1.165, 1.54) is 12.4 Å². The predicted molar refractivity (Wildman–Crippen MR) is 151 cm³/mol. The van der Waals surface area contributed by atoms with Crippen LogP contribution in [0.2, 0.25) is 0 Å². The van der Waals surface area contributed by atoms with Crippen molar-refractivity contribution >= 4 is 38.4 Å². The number of benzene rings is 3. The molecule has 0 bridgehead atoms. The molecule has 0 amide bonds. The molecular formula is C31H25N3O4. The zero-order valence-corrected chi connectivity index (χ0v) is 21.3.